The third-order valence-corrected chi connectivity index (χ3v) is 0. The van der Waals surface area contributed by atoms with Crippen LogP contribution in [0.1, 0.15) is 0 Å². The molecule has 0 fully saturated rings. The number of rotatable bonds is 0. The molecule has 12 heteroatoms. The van der Waals surface area contributed by atoms with Gasteiger partial charge in [-0.15, -0.1) is 0 Å². The van der Waals surface area contributed by atoms with Gasteiger partial charge >= 0.3 is 10.4 Å². The molecule has 0 aromatic heterocycles. The molecule has 0 rings (SSSR count). The van der Waals surface area contributed by atoms with Crippen molar-refractivity contribution in [1.29, 1.82) is 0 Å². The van der Waals surface area contributed by atoms with Crippen molar-refractivity contribution in [3.63, 3.8) is 0 Å². The van der Waals surface area contributed by atoms with Crippen LogP contribution >= 0.6 is 0 Å². The van der Waals surface area contributed by atoms with E-state index in [1.807, 2.05) is 0 Å². The molecule has 2 N–H and O–H groups in total. The molecular formula is H8O8S4. The van der Waals surface area contributed by atoms with Crippen molar-refractivity contribution in [2.75, 3.05) is 0 Å². The van der Waals surface area contributed by atoms with Crippen LogP contribution < -0.4 is 0 Å². The molecule has 12 heavy (non-hydrogen) atoms. The Balaban J connectivity index is -0.0000000457. The molecule has 0 unspecified atom stereocenters. The third kappa shape index (κ3) is 4810. The molecule has 0 saturated carbocycles. The highest BCUT2D eigenvalue weighted by Crippen LogP contribution is 1.59. The molecule has 0 spiro atoms. The summed E-state index contributed by atoms with van der Waals surface area (Å²) in [5.41, 5.74) is 0. The fraction of sp³-hybridized carbons (Fsp3) is 0. The first-order valence-corrected chi connectivity index (χ1v) is 4.10. The van der Waals surface area contributed by atoms with Gasteiger partial charge in [-0.3, -0.25) is 17.5 Å². The summed E-state index contributed by atoms with van der Waals surface area (Å²) in [7, 11) is -9.83. The Bertz CT molecular complexity index is 207. The Hall–Kier alpha value is 0.440. The van der Waals surface area contributed by atoms with Crippen molar-refractivity contribution >= 4 is 47.8 Å². The lowest BCUT2D eigenvalue weighted by atomic mass is 15.8. The first kappa shape index (κ1) is 22.9. The van der Waals surface area contributed by atoms with Crippen LogP contribution in [0, 0.1) is 0 Å². The normalized spacial score (nSPS) is 9.67. The van der Waals surface area contributed by atoms with Gasteiger partial charge in [0.15, 0.2) is 0 Å². The molecule has 80 valence electrons. The Labute approximate surface area is 83.0 Å². The van der Waals surface area contributed by atoms with E-state index in [0.29, 0.717) is 0 Å². The largest absolute Gasteiger partial charge is 0.759 e. The molecule has 0 radical (unpaired) electrons. The van der Waals surface area contributed by atoms with Crippen molar-refractivity contribution in [2.24, 2.45) is 0 Å². The third-order valence-electron chi connectivity index (χ3n) is 0. The molecule has 0 aliphatic rings. The summed E-state index contributed by atoms with van der Waals surface area (Å²) in [5.74, 6) is 0. The van der Waals surface area contributed by atoms with E-state index < -0.39 is 20.8 Å². The van der Waals surface area contributed by atoms with Gasteiger partial charge in [-0.05, 0) is 0 Å². The van der Waals surface area contributed by atoms with Crippen LogP contribution in [0.2, 0.25) is 0 Å². The fourth-order valence-electron chi connectivity index (χ4n) is 0. The highest BCUT2D eigenvalue weighted by molar-refractivity contribution is 7.80. The van der Waals surface area contributed by atoms with Crippen LogP contribution in [0.4, 0.5) is 0 Å². The summed E-state index contributed by atoms with van der Waals surface area (Å²) in [6.45, 7) is 0. The van der Waals surface area contributed by atoms with Crippen molar-refractivity contribution < 1.29 is 35.0 Å². The maximum Gasteiger partial charge on any atom is 0.394 e. The van der Waals surface area contributed by atoms with E-state index in [0.717, 1.165) is 0 Å². The highest BCUT2D eigenvalue weighted by Gasteiger charge is 1.84. The molecular weight excluding hydrogens is 256 g/mol. The molecule has 0 aromatic carbocycles. The Morgan fingerprint density at radius 3 is 0.833 bits per heavy atom. The monoisotopic (exact) mass is 264 g/mol. The minimum Gasteiger partial charge on any atom is -0.759 e. The summed E-state index contributed by atoms with van der Waals surface area (Å²) in [4.78, 5) is 0. The van der Waals surface area contributed by atoms with Crippen LogP contribution in [0.25, 0.3) is 0 Å². The van der Waals surface area contributed by atoms with Gasteiger partial charge in [-0.25, -0.2) is 0 Å². The maximum absolute atomic E-state index is 8.74. The topological polar surface area (TPSA) is 155 Å². The van der Waals surface area contributed by atoms with Crippen molar-refractivity contribution in [3.8, 4) is 0 Å². The second-order valence-electron chi connectivity index (χ2n) is 0.856. The van der Waals surface area contributed by atoms with Gasteiger partial charge in [-0.2, -0.15) is 8.42 Å². The second kappa shape index (κ2) is 8.06. The lowest BCUT2D eigenvalue weighted by Gasteiger charge is -2.06. The molecule has 0 bridgehead atoms. The quantitative estimate of drug-likeness (QED) is 0.258. The van der Waals surface area contributed by atoms with Gasteiger partial charge in [0, 0.05) is 10.4 Å². The SMILES string of the molecule is O=S(=O)(O)O.O=S(=O)([O-])[O-].[SH3+].[SH3+]. The molecule has 0 atom stereocenters. The van der Waals surface area contributed by atoms with E-state index in [4.69, 9.17) is 35.0 Å². The van der Waals surface area contributed by atoms with Crippen LogP contribution in [0.3, 0.4) is 0 Å². The summed E-state index contributed by atoms with van der Waals surface area (Å²) in [6, 6.07) is 0. The van der Waals surface area contributed by atoms with Crippen molar-refractivity contribution in [1.82, 2.24) is 0 Å². The van der Waals surface area contributed by atoms with Gasteiger partial charge in [0.1, 0.15) is 0 Å². The summed E-state index contributed by atoms with van der Waals surface area (Å²) < 4.78 is 65.7. The fourth-order valence-corrected chi connectivity index (χ4v) is 0. The van der Waals surface area contributed by atoms with E-state index in [1.165, 1.54) is 0 Å². The molecule has 0 amide bonds. The van der Waals surface area contributed by atoms with E-state index in [2.05, 4.69) is 0 Å². The van der Waals surface area contributed by atoms with E-state index in [9.17, 15) is 0 Å². The van der Waals surface area contributed by atoms with Crippen molar-refractivity contribution in [3.05, 3.63) is 0 Å². The molecule has 0 aromatic rings. The lowest BCUT2D eigenvalue weighted by Crippen LogP contribution is -1.91. The number of hydrogen-bond donors (Lipinski definition) is 2. The lowest BCUT2D eigenvalue weighted by molar-refractivity contribution is 0.352. The maximum atomic E-state index is 8.74. The molecule has 8 nitrogen and oxygen atoms in total. The number of hydrogen-bond acceptors (Lipinski definition) is 6. The zero-order valence-corrected chi connectivity index (χ0v) is 9.26. The predicted molar refractivity (Wildman–Crippen MR) is 47.8 cm³/mol. The Morgan fingerprint density at radius 2 is 0.833 bits per heavy atom. The molecule has 0 saturated heterocycles. The first-order valence-electron chi connectivity index (χ1n) is 1.37. The summed E-state index contributed by atoms with van der Waals surface area (Å²) in [5, 5.41) is 0. The summed E-state index contributed by atoms with van der Waals surface area (Å²) >= 11 is 0. The smallest absolute Gasteiger partial charge is 0.394 e. The second-order valence-corrected chi connectivity index (χ2v) is 2.57. The minimum absolute atomic E-state index is 0. The van der Waals surface area contributed by atoms with Gasteiger partial charge in [0.2, 0.25) is 0 Å². The predicted octanol–water partition coefficient (Wildman–Crippen LogP) is -3.60. The molecule has 0 heterocycles. The van der Waals surface area contributed by atoms with E-state index in [-0.39, 0.29) is 27.0 Å². The van der Waals surface area contributed by atoms with Gasteiger partial charge < -0.3 is 9.11 Å². The zero-order chi connectivity index (χ0) is 9.00. The van der Waals surface area contributed by atoms with E-state index >= 15 is 0 Å². The highest BCUT2D eigenvalue weighted by atomic mass is 32.3. The van der Waals surface area contributed by atoms with Gasteiger partial charge in [0.05, 0.1) is 0 Å². The average molecular weight is 264 g/mol. The van der Waals surface area contributed by atoms with Gasteiger partial charge in [-0.1, -0.05) is 27.0 Å². The van der Waals surface area contributed by atoms with Crippen LogP contribution in [-0.4, -0.2) is 35.0 Å². The zero-order valence-electron chi connectivity index (χ0n) is 5.32. The molecule has 0 aliphatic carbocycles. The summed E-state index contributed by atoms with van der Waals surface area (Å²) in [6.07, 6.45) is 0. The van der Waals surface area contributed by atoms with E-state index in [1.54, 1.807) is 0 Å². The van der Waals surface area contributed by atoms with Crippen molar-refractivity contribution in [2.45, 2.75) is 0 Å². The molecule has 0 aliphatic heterocycles. The van der Waals surface area contributed by atoms with Crippen LogP contribution in [-0.2, 0) is 47.8 Å². The Morgan fingerprint density at radius 1 is 0.833 bits per heavy atom. The minimum atomic E-state index is -5.17. The standard InChI is InChI=1S/2H2O4S.2H2S/c2*1-5(2,3)4;;/h2*(H2,1,2,3,4);2*1H2. The van der Waals surface area contributed by atoms with Crippen LogP contribution in [0.5, 0.6) is 0 Å². The van der Waals surface area contributed by atoms with Gasteiger partial charge in [0.25, 0.3) is 0 Å². The van der Waals surface area contributed by atoms with Crippen LogP contribution in [0.15, 0.2) is 0 Å². The average Bonchev–Trinajstić information content (AvgIpc) is 1.12. The first-order chi connectivity index (χ1) is 4.00. The Kier molecular flexibility index (Phi) is 15.3.